The molecule has 0 aliphatic heterocycles. The topological polar surface area (TPSA) is 64.5 Å². The number of rotatable bonds is 4. The standard InChI is InChI=1S/C3H10N2O2/c6-2-1-4-5-3-7/h4-7H,1-3H2. The normalized spacial score (nSPS) is 9.43. The maximum atomic E-state index is 8.11. The van der Waals surface area contributed by atoms with E-state index in [-0.39, 0.29) is 13.3 Å². The van der Waals surface area contributed by atoms with Gasteiger partial charge in [0.1, 0.15) is 6.73 Å². The van der Waals surface area contributed by atoms with Crippen LogP contribution in [0.3, 0.4) is 0 Å². The molecule has 0 fully saturated rings. The van der Waals surface area contributed by atoms with Crippen LogP contribution < -0.4 is 10.9 Å². The van der Waals surface area contributed by atoms with Gasteiger partial charge < -0.3 is 10.2 Å². The Morgan fingerprint density at radius 1 is 1.14 bits per heavy atom. The lowest BCUT2D eigenvalue weighted by molar-refractivity contribution is 0.221. The van der Waals surface area contributed by atoms with Gasteiger partial charge >= 0.3 is 0 Å². The van der Waals surface area contributed by atoms with Gasteiger partial charge in [0.2, 0.25) is 0 Å². The minimum atomic E-state index is -0.111. The lowest BCUT2D eigenvalue weighted by atomic mass is 10.7. The first kappa shape index (κ1) is 6.84. The van der Waals surface area contributed by atoms with E-state index in [1.165, 1.54) is 0 Å². The van der Waals surface area contributed by atoms with E-state index in [4.69, 9.17) is 10.2 Å². The number of aliphatic hydroxyl groups is 2. The maximum Gasteiger partial charge on any atom is 0.106 e. The van der Waals surface area contributed by atoms with E-state index in [0.717, 1.165) is 0 Å². The van der Waals surface area contributed by atoms with Gasteiger partial charge in [0, 0.05) is 6.54 Å². The zero-order chi connectivity index (χ0) is 5.54. The highest BCUT2D eigenvalue weighted by Crippen LogP contribution is 1.46. The van der Waals surface area contributed by atoms with Crippen LogP contribution in [0.5, 0.6) is 0 Å². The van der Waals surface area contributed by atoms with Gasteiger partial charge in [0.05, 0.1) is 6.61 Å². The highest BCUT2D eigenvalue weighted by atomic mass is 16.3. The monoisotopic (exact) mass is 106 g/mol. The van der Waals surface area contributed by atoms with Crippen molar-refractivity contribution in [2.24, 2.45) is 0 Å². The summed E-state index contributed by atoms with van der Waals surface area (Å²) in [5, 5.41) is 16.1. The summed E-state index contributed by atoms with van der Waals surface area (Å²) >= 11 is 0. The van der Waals surface area contributed by atoms with Crippen LogP contribution in [-0.2, 0) is 0 Å². The second kappa shape index (κ2) is 5.84. The number of nitrogens with one attached hydrogen (secondary N) is 2. The molecule has 0 aromatic carbocycles. The van der Waals surface area contributed by atoms with Crippen molar-refractivity contribution < 1.29 is 10.2 Å². The van der Waals surface area contributed by atoms with Crippen molar-refractivity contribution in [3.8, 4) is 0 Å². The average molecular weight is 106 g/mol. The van der Waals surface area contributed by atoms with Crippen LogP contribution in [0.4, 0.5) is 0 Å². The molecule has 44 valence electrons. The third-order valence-electron chi connectivity index (χ3n) is 0.441. The van der Waals surface area contributed by atoms with E-state index in [1.54, 1.807) is 0 Å². The Morgan fingerprint density at radius 3 is 2.29 bits per heavy atom. The second-order valence-electron chi connectivity index (χ2n) is 0.985. The van der Waals surface area contributed by atoms with Crippen LogP contribution in [0.25, 0.3) is 0 Å². The van der Waals surface area contributed by atoms with E-state index >= 15 is 0 Å². The minimum absolute atomic E-state index is 0.0764. The Hall–Kier alpha value is -0.160. The van der Waals surface area contributed by atoms with Crippen molar-refractivity contribution in [1.29, 1.82) is 0 Å². The third kappa shape index (κ3) is 5.84. The van der Waals surface area contributed by atoms with E-state index in [1.807, 2.05) is 0 Å². The Morgan fingerprint density at radius 2 is 1.86 bits per heavy atom. The molecule has 0 atom stereocenters. The van der Waals surface area contributed by atoms with Gasteiger partial charge in [-0.05, 0) is 0 Å². The molecule has 0 spiro atoms. The molecule has 0 saturated carbocycles. The number of hydrogen-bond acceptors (Lipinski definition) is 4. The summed E-state index contributed by atoms with van der Waals surface area (Å²) in [5.41, 5.74) is 4.93. The second-order valence-corrected chi connectivity index (χ2v) is 0.985. The zero-order valence-corrected chi connectivity index (χ0v) is 4.02. The molecule has 0 bridgehead atoms. The Balaban J connectivity index is 2.45. The van der Waals surface area contributed by atoms with E-state index < -0.39 is 0 Å². The average Bonchev–Trinajstić information content (AvgIpc) is 1.69. The first-order valence-electron chi connectivity index (χ1n) is 2.09. The highest BCUT2D eigenvalue weighted by Gasteiger charge is 1.75. The summed E-state index contributed by atoms with van der Waals surface area (Å²) < 4.78 is 0. The van der Waals surface area contributed by atoms with E-state index in [9.17, 15) is 0 Å². The molecule has 0 aliphatic rings. The fraction of sp³-hybridized carbons (Fsp3) is 1.00. The summed E-state index contributed by atoms with van der Waals surface area (Å²) in [4.78, 5) is 0. The molecule has 4 nitrogen and oxygen atoms in total. The summed E-state index contributed by atoms with van der Waals surface area (Å²) in [6, 6.07) is 0. The van der Waals surface area contributed by atoms with Gasteiger partial charge in [-0.2, -0.15) is 0 Å². The molecule has 0 radical (unpaired) electrons. The third-order valence-corrected chi connectivity index (χ3v) is 0.441. The lowest BCUT2D eigenvalue weighted by Gasteiger charge is -1.97. The molecule has 4 heteroatoms. The summed E-state index contributed by atoms with van der Waals surface area (Å²) in [5.74, 6) is 0. The van der Waals surface area contributed by atoms with Crippen molar-refractivity contribution in [2.75, 3.05) is 19.9 Å². The lowest BCUT2D eigenvalue weighted by Crippen LogP contribution is -2.34. The van der Waals surface area contributed by atoms with Gasteiger partial charge in [0.15, 0.2) is 0 Å². The van der Waals surface area contributed by atoms with Crippen LogP contribution in [0, 0.1) is 0 Å². The van der Waals surface area contributed by atoms with Gasteiger partial charge in [-0.15, -0.1) is 0 Å². The van der Waals surface area contributed by atoms with Crippen molar-refractivity contribution in [1.82, 2.24) is 10.9 Å². The van der Waals surface area contributed by atoms with Crippen LogP contribution in [0.1, 0.15) is 0 Å². The number of hydrazine groups is 1. The van der Waals surface area contributed by atoms with Crippen LogP contribution in [-0.4, -0.2) is 30.1 Å². The fourth-order valence-electron chi connectivity index (χ4n) is 0.200. The quantitative estimate of drug-likeness (QED) is 0.190. The summed E-state index contributed by atoms with van der Waals surface area (Å²) in [6.45, 7) is 0.424. The van der Waals surface area contributed by atoms with Gasteiger partial charge in [-0.1, -0.05) is 0 Å². The minimum Gasteiger partial charge on any atom is -0.395 e. The molecule has 0 amide bonds. The number of hydrogen-bond donors (Lipinski definition) is 4. The van der Waals surface area contributed by atoms with Crippen LogP contribution in [0.15, 0.2) is 0 Å². The molecular weight excluding hydrogens is 96.0 g/mol. The van der Waals surface area contributed by atoms with Gasteiger partial charge in [-0.3, -0.25) is 5.43 Å². The Labute approximate surface area is 42.1 Å². The fourth-order valence-corrected chi connectivity index (χ4v) is 0.200. The molecule has 0 aliphatic carbocycles. The molecule has 0 aromatic rings. The molecular formula is C3H10N2O2. The van der Waals surface area contributed by atoms with Crippen molar-refractivity contribution >= 4 is 0 Å². The molecule has 0 aromatic heterocycles. The van der Waals surface area contributed by atoms with E-state index in [0.29, 0.717) is 6.54 Å². The maximum absolute atomic E-state index is 8.11. The SMILES string of the molecule is OCCNNCO. The van der Waals surface area contributed by atoms with Crippen LogP contribution in [0.2, 0.25) is 0 Å². The van der Waals surface area contributed by atoms with Crippen LogP contribution >= 0.6 is 0 Å². The van der Waals surface area contributed by atoms with Gasteiger partial charge in [0.25, 0.3) is 0 Å². The van der Waals surface area contributed by atoms with Crippen molar-refractivity contribution in [3.63, 3.8) is 0 Å². The zero-order valence-electron chi connectivity index (χ0n) is 4.02. The van der Waals surface area contributed by atoms with Crippen molar-refractivity contribution in [2.45, 2.75) is 0 Å². The largest absolute Gasteiger partial charge is 0.395 e. The Bertz CT molecular complexity index is 30.1. The highest BCUT2D eigenvalue weighted by molar-refractivity contribution is 4.29. The van der Waals surface area contributed by atoms with Crippen molar-refractivity contribution in [3.05, 3.63) is 0 Å². The molecule has 7 heavy (non-hydrogen) atoms. The predicted octanol–water partition coefficient (Wildman–Crippen LogP) is -1.98. The van der Waals surface area contributed by atoms with Gasteiger partial charge in [-0.25, -0.2) is 5.43 Å². The molecule has 0 heterocycles. The van der Waals surface area contributed by atoms with E-state index in [2.05, 4.69) is 10.9 Å². The first-order chi connectivity index (χ1) is 3.41. The smallest absolute Gasteiger partial charge is 0.106 e. The first-order valence-corrected chi connectivity index (χ1v) is 2.09. The predicted molar refractivity (Wildman–Crippen MR) is 25.3 cm³/mol. The molecule has 4 N–H and O–H groups in total. The summed E-state index contributed by atoms with van der Waals surface area (Å²) in [7, 11) is 0. The molecule has 0 saturated heterocycles. The molecule has 0 rings (SSSR count). The molecule has 0 unspecified atom stereocenters. The number of aliphatic hydroxyl groups excluding tert-OH is 2. The summed E-state index contributed by atoms with van der Waals surface area (Å²) in [6.07, 6.45) is 0. The Kier molecular flexibility index (Phi) is 5.71.